The molecule has 2 heteroatoms. The molecule has 7 rings (SSSR count). The summed E-state index contributed by atoms with van der Waals surface area (Å²) in [7, 11) is 0. The number of benzene rings is 1. The number of Topliss-reactive ketones (excluding diaryl/α,β-unsaturated/α-hetero) is 1. The predicted molar refractivity (Wildman–Crippen MR) is 108 cm³/mol. The van der Waals surface area contributed by atoms with Gasteiger partial charge in [0.05, 0.1) is 0 Å². The van der Waals surface area contributed by atoms with E-state index in [1.54, 1.807) is 0 Å². The molecular weight excluding hydrogens is 330 g/mol. The van der Waals surface area contributed by atoms with Gasteiger partial charge in [0.25, 0.3) is 0 Å². The maximum Gasteiger partial charge on any atom is 0.139 e. The van der Waals surface area contributed by atoms with Crippen LogP contribution in [-0.4, -0.2) is 18.9 Å². The van der Waals surface area contributed by atoms with Gasteiger partial charge in [-0.05, 0) is 85.0 Å². The van der Waals surface area contributed by atoms with E-state index in [0.717, 1.165) is 18.8 Å². The highest BCUT2D eigenvalue weighted by Gasteiger charge is 2.64. The van der Waals surface area contributed by atoms with Crippen LogP contribution in [0, 0.1) is 28.1 Å². The van der Waals surface area contributed by atoms with Gasteiger partial charge in [-0.15, -0.1) is 0 Å². The zero-order valence-electron chi connectivity index (χ0n) is 16.7. The van der Waals surface area contributed by atoms with Gasteiger partial charge in [-0.3, -0.25) is 4.79 Å². The molecule has 1 aromatic carbocycles. The second kappa shape index (κ2) is 5.26. The van der Waals surface area contributed by atoms with Crippen LogP contribution in [0.1, 0.15) is 70.3 Å². The Morgan fingerprint density at radius 1 is 1.00 bits per heavy atom. The van der Waals surface area contributed by atoms with Crippen LogP contribution in [0.5, 0.6) is 0 Å². The lowest BCUT2D eigenvalue weighted by molar-refractivity contribution is -0.160. The number of carbonyl (C=O) groups is 1. The Morgan fingerprint density at radius 3 is 2.44 bits per heavy atom. The van der Waals surface area contributed by atoms with Crippen LogP contribution in [0.2, 0.25) is 0 Å². The van der Waals surface area contributed by atoms with Gasteiger partial charge in [0.1, 0.15) is 5.78 Å². The fourth-order valence-corrected chi connectivity index (χ4v) is 8.90. The lowest BCUT2D eigenvalue weighted by Crippen LogP contribution is -2.62. The van der Waals surface area contributed by atoms with Gasteiger partial charge in [0, 0.05) is 24.9 Å². The second-order valence-corrected chi connectivity index (χ2v) is 11.8. The van der Waals surface area contributed by atoms with E-state index >= 15 is 0 Å². The van der Waals surface area contributed by atoms with E-state index in [0.29, 0.717) is 22.5 Å². The van der Waals surface area contributed by atoms with Gasteiger partial charge < -0.3 is 5.32 Å². The van der Waals surface area contributed by atoms with Crippen molar-refractivity contribution in [2.45, 2.75) is 70.1 Å². The number of hydrogen-bond donors (Lipinski definition) is 1. The molecule has 1 saturated heterocycles. The SMILES string of the molecule is CC12CC3CC(C(=O)CC4CC5(CNC5)C4)(C1)CC(c1ccccc1)(C3)C2. The van der Waals surface area contributed by atoms with E-state index < -0.39 is 0 Å². The van der Waals surface area contributed by atoms with Crippen molar-refractivity contribution in [3.63, 3.8) is 0 Å². The van der Waals surface area contributed by atoms with Crippen molar-refractivity contribution in [2.24, 2.45) is 28.1 Å². The van der Waals surface area contributed by atoms with Crippen LogP contribution >= 0.6 is 0 Å². The lowest BCUT2D eigenvalue weighted by Gasteiger charge is -2.66. The summed E-state index contributed by atoms with van der Waals surface area (Å²) in [6.07, 6.45) is 10.9. The fourth-order valence-electron chi connectivity index (χ4n) is 8.90. The van der Waals surface area contributed by atoms with Crippen molar-refractivity contribution in [1.29, 1.82) is 0 Å². The molecule has 1 spiro atoms. The minimum atomic E-state index is -0.00930. The molecule has 0 amide bonds. The topological polar surface area (TPSA) is 29.1 Å². The van der Waals surface area contributed by atoms with Gasteiger partial charge in [-0.25, -0.2) is 0 Å². The molecule has 5 aliphatic carbocycles. The normalized spacial score (nSPS) is 44.1. The van der Waals surface area contributed by atoms with Crippen LogP contribution in [-0.2, 0) is 10.2 Å². The van der Waals surface area contributed by atoms with E-state index in [4.69, 9.17) is 0 Å². The molecule has 2 nitrogen and oxygen atoms in total. The summed E-state index contributed by atoms with van der Waals surface area (Å²) in [4.78, 5) is 13.7. The van der Waals surface area contributed by atoms with Crippen LogP contribution < -0.4 is 5.32 Å². The third kappa shape index (κ3) is 2.38. The summed E-state index contributed by atoms with van der Waals surface area (Å²) < 4.78 is 0. The molecule has 1 heterocycles. The maximum atomic E-state index is 13.7. The van der Waals surface area contributed by atoms with Crippen molar-refractivity contribution in [2.75, 3.05) is 13.1 Å². The second-order valence-electron chi connectivity index (χ2n) is 11.8. The van der Waals surface area contributed by atoms with Crippen LogP contribution in [0.4, 0.5) is 0 Å². The molecule has 0 aromatic heterocycles. The Balaban J connectivity index is 1.28. The summed E-state index contributed by atoms with van der Waals surface area (Å²) in [6, 6.07) is 11.2. The summed E-state index contributed by atoms with van der Waals surface area (Å²) in [6.45, 7) is 4.88. The number of carbonyl (C=O) groups excluding carboxylic acids is 1. The largest absolute Gasteiger partial charge is 0.316 e. The van der Waals surface area contributed by atoms with E-state index in [9.17, 15) is 4.79 Å². The highest BCUT2D eigenvalue weighted by Crippen LogP contribution is 2.70. The Labute approximate surface area is 163 Å². The van der Waals surface area contributed by atoms with Gasteiger partial charge in [-0.1, -0.05) is 37.3 Å². The van der Waals surface area contributed by atoms with Crippen molar-refractivity contribution in [3.05, 3.63) is 35.9 Å². The maximum absolute atomic E-state index is 13.7. The fraction of sp³-hybridized carbons (Fsp3) is 0.720. The molecule has 5 saturated carbocycles. The monoisotopic (exact) mass is 363 g/mol. The molecule has 144 valence electrons. The molecule has 27 heavy (non-hydrogen) atoms. The number of rotatable bonds is 4. The lowest BCUT2D eigenvalue weighted by atomic mass is 9.38. The molecule has 6 aliphatic rings. The van der Waals surface area contributed by atoms with Gasteiger partial charge >= 0.3 is 0 Å². The van der Waals surface area contributed by atoms with Crippen molar-refractivity contribution >= 4 is 5.78 Å². The standard InChI is InChI=1S/C25H33NO/c1-22-8-19-11-24(13-22,20-5-3-2-4-6-20)15-25(12-19,14-22)21(27)7-18-9-23(10-18)16-26-17-23/h2-6,18-19,26H,7-17H2,1H3. The van der Waals surface area contributed by atoms with Gasteiger partial charge in [0.15, 0.2) is 0 Å². The third-order valence-corrected chi connectivity index (χ3v) is 9.24. The van der Waals surface area contributed by atoms with E-state index in [1.807, 2.05) is 0 Å². The summed E-state index contributed by atoms with van der Waals surface area (Å²) in [5, 5.41) is 3.43. The zero-order chi connectivity index (χ0) is 18.3. The summed E-state index contributed by atoms with van der Waals surface area (Å²) in [5.74, 6) is 2.08. The number of nitrogens with one attached hydrogen (secondary N) is 1. The van der Waals surface area contributed by atoms with Crippen LogP contribution in [0.15, 0.2) is 30.3 Å². The smallest absolute Gasteiger partial charge is 0.139 e. The van der Waals surface area contributed by atoms with Crippen molar-refractivity contribution in [1.82, 2.24) is 5.32 Å². The summed E-state index contributed by atoms with van der Waals surface area (Å²) in [5.41, 5.74) is 2.74. The van der Waals surface area contributed by atoms with E-state index in [-0.39, 0.29) is 10.8 Å². The van der Waals surface area contributed by atoms with Crippen LogP contribution in [0.25, 0.3) is 0 Å². The van der Waals surface area contributed by atoms with Crippen molar-refractivity contribution in [3.8, 4) is 0 Å². The number of hydrogen-bond acceptors (Lipinski definition) is 2. The average Bonchev–Trinajstić information content (AvgIpc) is 2.54. The summed E-state index contributed by atoms with van der Waals surface area (Å²) >= 11 is 0. The Kier molecular flexibility index (Phi) is 3.27. The van der Waals surface area contributed by atoms with E-state index in [1.165, 1.54) is 63.6 Å². The van der Waals surface area contributed by atoms with Crippen LogP contribution in [0.3, 0.4) is 0 Å². The first-order valence-corrected chi connectivity index (χ1v) is 11.2. The molecule has 4 atom stereocenters. The first-order valence-electron chi connectivity index (χ1n) is 11.2. The molecule has 0 radical (unpaired) electrons. The Hall–Kier alpha value is -1.15. The Bertz CT molecular complexity index is 775. The molecule has 4 bridgehead atoms. The third-order valence-electron chi connectivity index (χ3n) is 9.24. The first kappa shape index (κ1) is 16.8. The van der Waals surface area contributed by atoms with Crippen molar-refractivity contribution < 1.29 is 4.79 Å². The molecule has 4 unspecified atom stereocenters. The minimum absolute atomic E-state index is 0.00930. The molecular formula is C25H33NO. The highest BCUT2D eigenvalue weighted by atomic mass is 16.1. The van der Waals surface area contributed by atoms with E-state index in [2.05, 4.69) is 42.6 Å². The molecule has 1 N–H and O–H groups in total. The highest BCUT2D eigenvalue weighted by molar-refractivity contribution is 5.86. The average molecular weight is 364 g/mol. The number of ketones is 1. The minimum Gasteiger partial charge on any atom is -0.316 e. The molecule has 1 aliphatic heterocycles. The Morgan fingerprint density at radius 2 is 1.78 bits per heavy atom. The quantitative estimate of drug-likeness (QED) is 0.826. The predicted octanol–water partition coefficient (Wildman–Crippen LogP) is 4.87. The molecule has 1 aromatic rings. The van der Waals surface area contributed by atoms with Gasteiger partial charge in [0.2, 0.25) is 0 Å². The molecule has 6 fully saturated rings. The van der Waals surface area contributed by atoms with Gasteiger partial charge in [-0.2, -0.15) is 0 Å². The first-order chi connectivity index (χ1) is 12.9. The zero-order valence-corrected chi connectivity index (χ0v) is 16.7.